The molecular formula is C17H21N3O3S. The molecule has 0 fully saturated rings. The van der Waals surface area contributed by atoms with Crippen molar-refractivity contribution in [2.45, 2.75) is 39.5 Å². The molecule has 0 atom stereocenters. The number of nitrogens with one attached hydrogen (secondary N) is 1. The first-order valence-corrected chi connectivity index (χ1v) is 8.47. The number of esters is 1. The van der Waals surface area contributed by atoms with Crippen molar-refractivity contribution in [2.75, 3.05) is 11.9 Å². The number of carbonyl (C=O) groups is 2. The molecule has 0 spiro atoms. The number of benzene rings is 1. The zero-order valence-corrected chi connectivity index (χ0v) is 15.1. The summed E-state index contributed by atoms with van der Waals surface area (Å²) in [6.45, 7) is 7.90. The zero-order valence-electron chi connectivity index (χ0n) is 14.3. The van der Waals surface area contributed by atoms with Gasteiger partial charge in [-0.05, 0) is 41.1 Å². The average Bonchev–Trinajstić information content (AvgIpc) is 3.01. The highest BCUT2D eigenvalue weighted by molar-refractivity contribution is 7.07. The number of carbonyl (C=O) groups excluding carboxylic acids is 2. The van der Waals surface area contributed by atoms with Crippen molar-refractivity contribution >= 4 is 29.1 Å². The van der Waals surface area contributed by atoms with E-state index in [1.807, 2.05) is 31.2 Å². The summed E-state index contributed by atoms with van der Waals surface area (Å²) in [7, 11) is 0. The van der Waals surface area contributed by atoms with Crippen molar-refractivity contribution in [2.24, 2.45) is 0 Å². The van der Waals surface area contributed by atoms with E-state index in [-0.39, 0.29) is 17.9 Å². The number of aryl methyl sites for hydroxylation is 1. The van der Waals surface area contributed by atoms with Gasteiger partial charge in [-0.3, -0.25) is 4.79 Å². The minimum absolute atomic E-state index is 0.0534. The van der Waals surface area contributed by atoms with Gasteiger partial charge in [-0.25, -0.2) is 4.79 Å². The molecular weight excluding hydrogens is 326 g/mol. The van der Waals surface area contributed by atoms with Crippen LogP contribution in [-0.2, 0) is 21.4 Å². The summed E-state index contributed by atoms with van der Waals surface area (Å²) in [5, 5.41) is 6.55. The average molecular weight is 347 g/mol. The molecule has 128 valence electrons. The number of rotatable bonds is 5. The second-order valence-electron chi connectivity index (χ2n) is 6.35. The van der Waals surface area contributed by atoms with Gasteiger partial charge in [-0.1, -0.05) is 44.3 Å². The maximum atomic E-state index is 11.9. The minimum Gasteiger partial charge on any atom is -0.451 e. The van der Waals surface area contributed by atoms with Crippen molar-refractivity contribution in [3.8, 4) is 0 Å². The molecule has 2 rings (SSSR count). The molecule has 0 unspecified atom stereocenters. The smallest absolute Gasteiger partial charge is 0.352 e. The molecule has 1 amide bonds. The Morgan fingerprint density at radius 3 is 2.46 bits per heavy atom. The van der Waals surface area contributed by atoms with Crippen LogP contribution < -0.4 is 5.32 Å². The quantitative estimate of drug-likeness (QED) is 0.840. The lowest BCUT2D eigenvalue weighted by atomic mass is 9.87. The molecule has 24 heavy (non-hydrogen) atoms. The lowest BCUT2D eigenvalue weighted by Gasteiger charge is -2.19. The molecule has 0 radical (unpaired) electrons. The Hall–Kier alpha value is -2.28. The fraction of sp³-hybridized carbons (Fsp3) is 0.412. The molecule has 0 saturated carbocycles. The number of amides is 1. The molecule has 6 nitrogen and oxygen atoms in total. The van der Waals surface area contributed by atoms with E-state index in [9.17, 15) is 9.59 Å². The highest BCUT2D eigenvalue weighted by Gasteiger charge is 2.18. The molecule has 2 aromatic rings. The molecule has 0 aliphatic heterocycles. The van der Waals surface area contributed by atoms with Crippen molar-refractivity contribution in [1.29, 1.82) is 0 Å². The van der Waals surface area contributed by atoms with Gasteiger partial charge in [-0.15, -0.1) is 5.10 Å². The summed E-state index contributed by atoms with van der Waals surface area (Å²) in [5.74, 6) is -0.956. The highest BCUT2D eigenvalue weighted by Crippen LogP contribution is 2.23. The fourth-order valence-electron chi connectivity index (χ4n) is 2.04. The summed E-state index contributed by atoms with van der Waals surface area (Å²) in [6.07, 6.45) is 0.591. The van der Waals surface area contributed by atoms with Gasteiger partial charge in [0.25, 0.3) is 5.91 Å². The van der Waals surface area contributed by atoms with E-state index in [0.717, 1.165) is 11.5 Å². The topological polar surface area (TPSA) is 81.2 Å². The predicted octanol–water partition coefficient (Wildman–Crippen LogP) is 3.19. The van der Waals surface area contributed by atoms with Crippen LogP contribution in [-0.4, -0.2) is 28.1 Å². The summed E-state index contributed by atoms with van der Waals surface area (Å²) in [4.78, 5) is 24.2. The van der Waals surface area contributed by atoms with Gasteiger partial charge in [0, 0.05) is 5.69 Å². The highest BCUT2D eigenvalue weighted by atomic mass is 32.1. The predicted molar refractivity (Wildman–Crippen MR) is 93.3 cm³/mol. The van der Waals surface area contributed by atoms with Crippen LogP contribution in [0.3, 0.4) is 0 Å². The molecule has 7 heteroatoms. The van der Waals surface area contributed by atoms with Crippen molar-refractivity contribution in [3.63, 3.8) is 0 Å². The molecule has 0 aliphatic rings. The maximum absolute atomic E-state index is 11.9. The van der Waals surface area contributed by atoms with Gasteiger partial charge in [0.2, 0.25) is 0 Å². The first-order valence-electron chi connectivity index (χ1n) is 7.70. The van der Waals surface area contributed by atoms with Gasteiger partial charge in [0.1, 0.15) is 0 Å². The summed E-state index contributed by atoms with van der Waals surface area (Å²) < 4.78 is 8.75. The molecule has 0 saturated heterocycles. The lowest BCUT2D eigenvalue weighted by Crippen LogP contribution is -2.21. The largest absolute Gasteiger partial charge is 0.451 e. The van der Waals surface area contributed by atoms with Crippen molar-refractivity contribution in [3.05, 3.63) is 40.4 Å². The second-order valence-corrected chi connectivity index (χ2v) is 7.11. The molecule has 1 N–H and O–H groups in total. The van der Waals surface area contributed by atoms with Crippen LogP contribution in [0.15, 0.2) is 24.3 Å². The van der Waals surface area contributed by atoms with E-state index in [1.165, 1.54) is 5.56 Å². The van der Waals surface area contributed by atoms with E-state index in [2.05, 4.69) is 35.7 Å². The van der Waals surface area contributed by atoms with Crippen LogP contribution >= 0.6 is 11.5 Å². The Labute approximate surface area is 145 Å². The minimum atomic E-state index is -0.569. The van der Waals surface area contributed by atoms with Gasteiger partial charge in [0.15, 0.2) is 11.5 Å². The van der Waals surface area contributed by atoms with Gasteiger partial charge < -0.3 is 10.1 Å². The fourth-order valence-corrected chi connectivity index (χ4v) is 2.69. The molecule has 1 aromatic carbocycles. The third kappa shape index (κ3) is 4.61. The molecule has 0 aliphatic carbocycles. The van der Waals surface area contributed by atoms with E-state index in [1.54, 1.807) is 0 Å². The monoisotopic (exact) mass is 347 g/mol. The molecule has 1 heterocycles. The molecule has 0 bridgehead atoms. The number of hydrogen-bond donors (Lipinski definition) is 1. The number of aromatic nitrogens is 2. The first-order chi connectivity index (χ1) is 11.3. The number of anilines is 1. The maximum Gasteiger partial charge on any atom is 0.352 e. The summed E-state index contributed by atoms with van der Waals surface area (Å²) >= 11 is 0.974. The Balaban J connectivity index is 1.88. The van der Waals surface area contributed by atoms with Crippen LogP contribution in [0.25, 0.3) is 0 Å². The van der Waals surface area contributed by atoms with Crippen LogP contribution in [0.4, 0.5) is 5.69 Å². The number of hydrogen-bond acceptors (Lipinski definition) is 6. The Bertz CT molecular complexity index is 717. The Kier molecular flexibility index (Phi) is 5.66. The molecule has 1 aromatic heterocycles. The Morgan fingerprint density at radius 1 is 1.21 bits per heavy atom. The van der Waals surface area contributed by atoms with Gasteiger partial charge in [0.05, 0.1) is 5.69 Å². The van der Waals surface area contributed by atoms with Gasteiger partial charge in [-0.2, -0.15) is 0 Å². The summed E-state index contributed by atoms with van der Waals surface area (Å²) in [6, 6.07) is 7.61. The van der Waals surface area contributed by atoms with Crippen LogP contribution in [0.5, 0.6) is 0 Å². The van der Waals surface area contributed by atoms with E-state index in [0.29, 0.717) is 22.7 Å². The van der Waals surface area contributed by atoms with Crippen LogP contribution in [0.2, 0.25) is 0 Å². The lowest BCUT2D eigenvalue weighted by molar-refractivity contribution is -0.119. The third-order valence-electron chi connectivity index (χ3n) is 3.45. The SMILES string of the molecule is CCc1nnsc1C(=O)OCC(=O)Nc1ccc(C(C)(C)C)cc1. The number of ether oxygens (including phenoxy) is 1. The number of nitrogens with zero attached hydrogens (tertiary/aromatic N) is 2. The van der Waals surface area contributed by atoms with Crippen molar-refractivity contribution < 1.29 is 14.3 Å². The third-order valence-corrected chi connectivity index (χ3v) is 4.19. The normalized spacial score (nSPS) is 11.2. The van der Waals surface area contributed by atoms with Crippen LogP contribution in [0, 0.1) is 0 Å². The van der Waals surface area contributed by atoms with Gasteiger partial charge >= 0.3 is 5.97 Å². The first kappa shape index (κ1) is 18.1. The standard InChI is InChI=1S/C17H21N3O3S/c1-5-13-15(24-20-19-13)16(22)23-10-14(21)18-12-8-6-11(7-9-12)17(2,3)4/h6-9H,5,10H2,1-4H3,(H,18,21). The second kappa shape index (κ2) is 7.53. The van der Waals surface area contributed by atoms with Crippen molar-refractivity contribution in [1.82, 2.24) is 9.59 Å². The van der Waals surface area contributed by atoms with E-state index in [4.69, 9.17) is 4.74 Å². The van der Waals surface area contributed by atoms with E-state index >= 15 is 0 Å². The van der Waals surface area contributed by atoms with Crippen LogP contribution in [0.1, 0.15) is 48.6 Å². The van der Waals surface area contributed by atoms with E-state index < -0.39 is 5.97 Å². The summed E-state index contributed by atoms with van der Waals surface area (Å²) in [5.41, 5.74) is 2.48. The zero-order chi connectivity index (χ0) is 17.7. The Morgan fingerprint density at radius 2 is 1.88 bits per heavy atom.